The van der Waals surface area contributed by atoms with E-state index in [1.165, 1.54) is 0 Å². The number of nitrogens with zero attached hydrogens (tertiary/aromatic N) is 3. The van der Waals surface area contributed by atoms with Gasteiger partial charge in [0.25, 0.3) is 0 Å². The van der Waals surface area contributed by atoms with Crippen LogP contribution in [0.3, 0.4) is 0 Å². The number of halogens is 1. The topological polar surface area (TPSA) is 86.3 Å². The summed E-state index contributed by atoms with van der Waals surface area (Å²) >= 11 is 0. The number of hydrogen-bond donors (Lipinski definition) is 2. The predicted octanol–water partition coefficient (Wildman–Crippen LogP) is 1.54. The van der Waals surface area contributed by atoms with Gasteiger partial charge in [-0.2, -0.15) is 0 Å². The Morgan fingerprint density at radius 3 is 2.67 bits per heavy atom. The summed E-state index contributed by atoms with van der Waals surface area (Å²) in [5.41, 5.74) is -0.473. The van der Waals surface area contributed by atoms with Crippen LogP contribution in [0.2, 0.25) is 0 Å². The van der Waals surface area contributed by atoms with Crippen molar-refractivity contribution in [3.63, 3.8) is 0 Å². The molecule has 2 fully saturated rings. The van der Waals surface area contributed by atoms with Crippen molar-refractivity contribution in [2.75, 3.05) is 32.7 Å². The minimum atomic E-state index is -0.473. The van der Waals surface area contributed by atoms with E-state index in [1.807, 2.05) is 20.8 Å². The van der Waals surface area contributed by atoms with Crippen molar-refractivity contribution < 1.29 is 14.3 Å². The molecule has 1 saturated carbocycles. The molecule has 8 nitrogen and oxygen atoms in total. The molecular formula is C18H32IN5O3. The number of aliphatic imine (C=N–C) groups is 1. The number of hydrogen-bond acceptors (Lipinski definition) is 6. The fraction of sp³-hybridized carbons (Fsp3) is 0.833. The van der Waals surface area contributed by atoms with Gasteiger partial charge in [-0.25, -0.2) is 4.79 Å². The summed E-state index contributed by atoms with van der Waals surface area (Å²) in [5.74, 6) is 1.04. The summed E-state index contributed by atoms with van der Waals surface area (Å²) in [6.45, 7) is 9.08. The minimum absolute atomic E-state index is 0. The second kappa shape index (κ2) is 9.29. The molecule has 2 amide bonds. The maximum atomic E-state index is 12.2. The lowest BCUT2D eigenvalue weighted by Gasteiger charge is -2.39. The van der Waals surface area contributed by atoms with Gasteiger partial charge < -0.3 is 25.2 Å². The van der Waals surface area contributed by atoms with Crippen LogP contribution >= 0.6 is 24.0 Å². The highest BCUT2D eigenvalue weighted by Gasteiger charge is 2.36. The first-order valence-corrected chi connectivity index (χ1v) is 9.64. The molecule has 1 atom stereocenters. The van der Waals surface area contributed by atoms with Gasteiger partial charge in [0, 0.05) is 38.6 Å². The number of carbonyl (C=O) groups excluding carboxylic acids is 2. The number of carbonyl (C=O) groups is 2. The van der Waals surface area contributed by atoms with Crippen LogP contribution in [0, 0.1) is 0 Å². The molecule has 1 saturated heterocycles. The first-order chi connectivity index (χ1) is 12.3. The summed E-state index contributed by atoms with van der Waals surface area (Å²) in [7, 11) is 0. The Bertz CT molecular complexity index is 574. The van der Waals surface area contributed by atoms with Gasteiger partial charge in [-0.3, -0.25) is 9.79 Å². The van der Waals surface area contributed by atoms with Crippen LogP contribution in [0.15, 0.2) is 4.99 Å². The molecule has 0 radical (unpaired) electrons. The van der Waals surface area contributed by atoms with E-state index in [-0.39, 0.29) is 42.0 Å². The second-order valence-corrected chi connectivity index (χ2v) is 8.31. The van der Waals surface area contributed by atoms with Crippen molar-refractivity contribution >= 4 is 41.9 Å². The van der Waals surface area contributed by atoms with Gasteiger partial charge in [-0.05, 0) is 40.0 Å². The van der Waals surface area contributed by atoms with E-state index in [9.17, 15) is 9.59 Å². The summed E-state index contributed by atoms with van der Waals surface area (Å²) in [5, 5.41) is 6.35. The molecule has 1 unspecified atom stereocenters. The van der Waals surface area contributed by atoms with E-state index in [4.69, 9.17) is 4.74 Å². The SMILES string of the molecule is CC(C)(C)OC(=O)N1CCN2C(NCCCC(=O)NC3CC3)=NCC2C1.I. The lowest BCUT2D eigenvalue weighted by Crippen LogP contribution is -2.57. The molecule has 0 aromatic rings. The molecule has 0 spiro atoms. The van der Waals surface area contributed by atoms with Crippen molar-refractivity contribution in [1.29, 1.82) is 0 Å². The lowest BCUT2D eigenvalue weighted by molar-refractivity contribution is -0.121. The molecule has 0 aromatic heterocycles. The zero-order chi connectivity index (χ0) is 18.7. The van der Waals surface area contributed by atoms with Crippen molar-refractivity contribution in [1.82, 2.24) is 20.4 Å². The molecular weight excluding hydrogens is 461 g/mol. The smallest absolute Gasteiger partial charge is 0.410 e. The van der Waals surface area contributed by atoms with E-state index in [0.29, 0.717) is 32.1 Å². The minimum Gasteiger partial charge on any atom is -0.444 e. The Hall–Kier alpha value is -1.26. The van der Waals surface area contributed by atoms with E-state index >= 15 is 0 Å². The Morgan fingerprint density at radius 1 is 1.26 bits per heavy atom. The molecule has 27 heavy (non-hydrogen) atoms. The fourth-order valence-corrected chi connectivity index (χ4v) is 3.20. The third-order valence-electron chi connectivity index (χ3n) is 4.66. The summed E-state index contributed by atoms with van der Waals surface area (Å²) < 4.78 is 5.46. The Morgan fingerprint density at radius 2 is 2.00 bits per heavy atom. The van der Waals surface area contributed by atoms with Gasteiger partial charge in [0.15, 0.2) is 5.96 Å². The molecule has 154 valence electrons. The highest BCUT2D eigenvalue weighted by Crippen LogP contribution is 2.19. The zero-order valence-electron chi connectivity index (χ0n) is 16.5. The number of ether oxygens (including phenoxy) is 1. The summed E-state index contributed by atoms with van der Waals surface area (Å²) in [6, 6.07) is 0.633. The first kappa shape index (κ1) is 22.0. The molecule has 2 aliphatic heterocycles. The Kier molecular flexibility index (Phi) is 7.58. The monoisotopic (exact) mass is 493 g/mol. The highest BCUT2D eigenvalue weighted by molar-refractivity contribution is 14.0. The normalized spacial score (nSPS) is 21.7. The summed E-state index contributed by atoms with van der Waals surface area (Å²) in [6.07, 6.45) is 3.34. The fourth-order valence-electron chi connectivity index (χ4n) is 3.20. The van der Waals surface area contributed by atoms with Crippen LogP contribution in [0.5, 0.6) is 0 Å². The largest absolute Gasteiger partial charge is 0.444 e. The number of piperazine rings is 1. The zero-order valence-corrected chi connectivity index (χ0v) is 18.8. The maximum Gasteiger partial charge on any atom is 0.410 e. The Labute approximate surface area is 178 Å². The number of nitrogens with one attached hydrogen (secondary N) is 2. The van der Waals surface area contributed by atoms with Crippen LogP contribution in [-0.4, -0.2) is 78.2 Å². The van der Waals surface area contributed by atoms with Gasteiger partial charge in [0.1, 0.15) is 5.60 Å². The van der Waals surface area contributed by atoms with Gasteiger partial charge >= 0.3 is 6.09 Å². The van der Waals surface area contributed by atoms with E-state index in [1.54, 1.807) is 4.90 Å². The van der Waals surface area contributed by atoms with Crippen LogP contribution in [-0.2, 0) is 9.53 Å². The molecule has 3 rings (SSSR count). The number of fused-ring (bicyclic) bond motifs is 1. The quantitative estimate of drug-likeness (QED) is 0.449. The van der Waals surface area contributed by atoms with Crippen LogP contribution in [0.1, 0.15) is 46.5 Å². The average molecular weight is 493 g/mol. The molecule has 2 heterocycles. The predicted molar refractivity (Wildman–Crippen MR) is 114 cm³/mol. The lowest BCUT2D eigenvalue weighted by atomic mass is 10.2. The molecule has 9 heteroatoms. The van der Waals surface area contributed by atoms with Crippen LogP contribution < -0.4 is 10.6 Å². The van der Waals surface area contributed by atoms with E-state index in [2.05, 4.69) is 20.5 Å². The van der Waals surface area contributed by atoms with Gasteiger partial charge in [0.05, 0.1) is 12.6 Å². The Balaban J connectivity index is 0.00000261. The third kappa shape index (κ3) is 6.69. The molecule has 1 aliphatic carbocycles. The van der Waals surface area contributed by atoms with Crippen molar-refractivity contribution in [2.24, 2.45) is 4.99 Å². The van der Waals surface area contributed by atoms with Gasteiger partial charge in [-0.15, -0.1) is 24.0 Å². The van der Waals surface area contributed by atoms with Crippen molar-refractivity contribution in [3.8, 4) is 0 Å². The molecule has 3 aliphatic rings. The number of guanidine groups is 1. The van der Waals surface area contributed by atoms with Crippen molar-refractivity contribution in [2.45, 2.75) is 64.1 Å². The maximum absolute atomic E-state index is 12.2. The van der Waals surface area contributed by atoms with Gasteiger partial charge in [0.2, 0.25) is 5.91 Å². The van der Waals surface area contributed by atoms with Crippen LogP contribution in [0.4, 0.5) is 4.79 Å². The number of amides is 2. The number of rotatable bonds is 5. The molecule has 2 N–H and O–H groups in total. The average Bonchev–Trinajstić information content (AvgIpc) is 3.27. The molecule has 0 aromatic carbocycles. The third-order valence-corrected chi connectivity index (χ3v) is 4.66. The van der Waals surface area contributed by atoms with Gasteiger partial charge in [-0.1, -0.05) is 0 Å². The van der Waals surface area contributed by atoms with E-state index in [0.717, 1.165) is 38.3 Å². The van der Waals surface area contributed by atoms with Crippen LogP contribution in [0.25, 0.3) is 0 Å². The molecule has 0 bridgehead atoms. The van der Waals surface area contributed by atoms with E-state index < -0.39 is 5.60 Å². The second-order valence-electron chi connectivity index (χ2n) is 8.31. The summed E-state index contributed by atoms with van der Waals surface area (Å²) in [4.78, 5) is 32.5. The van der Waals surface area contributed by atoms with Crippen molar-refractivity contribution in [3.05, 3.63) is 0 Å². The standard InChI is InChI=1S/C18H31N5O3.HI/c1-18(2,3)26-17(25)22-9-10-23-14(12-22)11-20-16(23)19-8-4-5-15(24)21-13-6-7-13;/h13-14H,4-12H2,1-3H3,(H,19,20)(H,21,24);1H. The first-order valence-electron chi connectivity index (χ1n) is 9.64. The highest BCUT2D eigenvalue weighted by atomic mass is 127.